The van der Waals surface area contributed by atoms with Crippen LogP contribution in [0.25, 0.3) is 0 Å². The largest absolute Gasteiger partial charge is 0.476 e. The highest BCUT2D eigenvalue weighted by Crippen LogP contribution is 2.12. The summed E-state index contributed by atoms with van der Waals surface area (Å²) in [6.45, 7) is 1.41. The van der Waals surface area contributed by atoms with Crippen LogP contribution in [-0.2, 0) is 13.1 Å². The van der Waals surface area contributed by atoms with Crippen LogP contribution in [0, 0.1) is 0 Å². The molecule has 0 amide bonds. The fraction of sp³-hybridized carbons (Fsp3) is 0.250. The molecule has 0 saturated heterocycles. The van der Waals surface area contributed by atoms with Gasteiger partial charge in [-0.15, -0.1) is 11.3 Å². The number of pyridine rings is 1. The van der Waals surface area contributed by atoms with E-state index in [2.05, 4.69) is 14.9 Å². The van der Waals surface area contributed by atoms with E-state index in [1.54, 1.807) is 17.8 Å². The van der Waals surface area contributed by atoms with Crippen LogP contribution in [0.15, 0.2) is 29.9 Å². The van der Waals surface area contributed by atoms with Crippen LogP contribution < -0.4 is 0 Å². The predicted molar refractivity (Wildman–Crippen MR) is 68.5 cm³/mol. The van der Waals surface area contributed by atoms with Crippen LogP contribution in [0.5, 0.6) is 0 Å². The summed E-state index contributed by atoms with van der Waals surface area (Å²) in [5.41, 5.74) is 1.95. The zero-order valence-electron chi connectivity index (χ0n) is 9.91. The summed E-state index contributed by atoms with van der Waals surface area (Å²) in [6, 6.07) is 3.92. The molecular weight excluding hydrogens is 250 g/mol. The van der Waals surface area contributed by atoms with Gasteiger partial charge in [0.15, 0.2) is 0 Å². The van der Waals surface area contributed by atoms with Crippen molar-refractivity contribution < 1.29 is 9.90 Å². The van der Waals surface area contributed by atoms with E-state index in [1.165, 1.54) is 5.56 Å². The van der Waals surface area contributed by atoms with Gasteiger partial charge in [0.1, 0.15) is 0 Å². The zero-order chi connectivity index (χ0) is 13.0. The number of carboxylic acids is 1. The number of aromatic nitrogens is 2. The predicted octanol–water partition coefficient (Wildman–Crippen LogP) is 1.87. The van der Waals surface area contributed by atoms with Crippen LogP contribution in [0.2, 0.25) is 0 Å². The molecule has 0 saturated carbocycles. The summed E-state index contributed by atoms with van der Waals surface area (Å²) in [4.78, 5) is 20.8. The molecule has 0 aliphatic carbocycles. The fourth-order valence-electron chi connectivity index (χ4n) is 1.61. The Morgan fingerprint density at radius 3 is 2.72 bits per heavy atom. The molecule has 0 unspecified atom stereocenters. The van der Waals surface area contributed by atoms with E-state index in [0.29, 0.717) is 6.54 Å². The van der Waals surface area contributed by atoms with Gasteiger partial charge in [0.2, 0.25) is 5.01 Å². The highest BCUT2D eigenvalue weighted by Gasteiger charge is 2.10. The number of thiazole rings is 1. The summed E-state index contributed by atoms with van der Waals surface area (Å²) in [7, 11) is 1.97. The van der Waals surface area contributed by atoms with E-state index in [1.807, 2.05) is 19.2 Å². The second-order valence-electron chi connectivity index (χ2n) is 3.98. The number of carboxylic acid groups (broad SMARTS) is 1. The number of rotatable bonds is 5. The summed E-state index contributed by atoms with van der Waals surface area (Å²) >= 11 is 1.16. The van der Waals surface area contributed by atoms with Gasteiger partial charge in [0.25, 0.3) is 0 Å². The summed E-state index contributed by atoms with van der Waals surface area (Å²) in [5.74, 6) is -0.969. The van der Waals surface area contributed by atoms with Gasteiger partial charge in [0.05, 0.1) is 5.69 Å². The van der Waals surface area contributed by atoms with Crippen molar-refractivity contribution in [3.63, 3.8) is 0 Å². The number of aromatic carboxylic acids is 1. The van der Waals surface area contributed by atoms with Crippen LogP contribution in [0.3, 0.4) is 0 Å². The quantitative estimate of drug-likeness (QED) is 0.892. The minimum atomic E-state index is -0.969. The second-order valence-corrected chi connectivity index (χ2v) is 4.84. The monoisotopic (exact) mass is 263 g/mol. The molecule has 2 heterocycles. The number of nitrogens with zero attached hydrogens (tertiary/aromatic N) is 3. The Hall–Kier alpha value is -1.79. The summed E-state index contributed by atoms with van der Waals surface area (Å²) in [6.07, 6.45) is 3.52. The van der Waals surface area contributed by atoms with Gasteiger partial charge in [-0.05, 0) is 24.7 Å². The summed E-state index contributed by atoms with van der Waals surface area (Å²) < 4.78 is 0. The highest BCUT2D eigenvalue weighted by molar-refractivity contribution is 7.11. The molecule has 5 nitrogen and oxygen atoms in total. The average Bonchev–Trinajstić information content (AvgIpc) is 2.78. The fourth-order valence-corrected chi connectivity index (χ4v) is 2.26. The second kappa shape index (κ2) is 5.70. The first kappa shape index (κ1) is 12.7. The molecule has 18 heavy (non-hydrogen) atoms. The maximum Gasteiger partial charge on any atom is 0.365 e. The van der Waals surface area contributed by atoms with Crippen molar-refractivity contribution in [3.8, 4) is 0 Å². The molecule has 0 aliphatic rings. The Labute approximate surface area is 109 Å². The molecular formula is C12H13N3O2S. The normalized spacial score (nSPS) is 10.8. The lowest BCUT2D eigenvalue weighted by Crippen LogP contribution is -2.17. The molecule has 0 radical (unpaired) electrons. The molecule has 0 aromatic carbocycles. The Kier molecular flexibility index (Phi) is 4.01. The Morgan fingerprint density at radius 1 is 1.39 bits per heavy atom. The number of carbonyl (C=O) groups is 1. The molecule has 2 rings (SSSR count). The molecule has 6 heteroatoms. The van der Waals surface area contributed by atoms with Gasteiger partial charge in [-0.3, -0.25) is 9.88 Å². The first-order valence-electron chi connectivity index (χ1n) is 5.40. The van der Waals surface area contributed by atoms with Crippen molar-refractivity contribution in [1.82, 2.24) is 14.9 Å². The van der Waals surface area contributed by atoms with Crippen molar-refractivity contribution in [3.05, 3.63) is 46.2 Å². The first-order chi connectivity index (χ1) is 8.65. The van der Waals surface area contributed by atoms with Gasteiger partial charge in [-0.2, -0.15) is 0 Å². The zero-order valence-corrected chi connectivity index (χ0v) is 10.7. The maximum absolute atomic E-state index is 10.7. The Bertz CT molecular complexity index is 527. The molecule has 2 aromatic heterocycles. The van der Waals surface area contributed by atoms with E-state index in [0.717, 1.165) is 23.6 Å². The summed E-state index contributed by atoms with van der Waals surface area (Å²) in [5, 5.41) is 10.7. The van der Waals surface area contributed by atoms with E-state index in [-0.39, 0.29) is 5.01 Å². The lowest BCUT2D eigenvalue weighted by atomic mass is 10.2. The van der Waals surface area contributed by atoms with Crippen molar-refractivity contribution >= 4 is 17.3 Å². The highest BCUT2D eigenvalue weighted by atomic mass is 32.1. The van der Waals surface area contributed by atoms with Crippen molar-refractivity contribution in [2.75, 3.05) is 7.05 Å². The van der Waals surface area contributed by atoms with E-state index in [9.17, 15) is 4.79 Å². The Balaban J connectivity index is 1.94. The number of hydrogen-bond acceptors (Lipinski definition) is 5. The topological polar surface area (TPSA) is 66.3 Å². The van der Waals surface area contributed by atoms with Gasteiger partial charge in [-0.1, -0.05) is 0 Å². The third-order valence-corrected chi connectivity index (χ3v) is 3.25. The lowest BCUT2D eigenvalue weighted by Gasteiger charge is -2.14. The van der Waals surface area contributed by atoms with Gasteiger partial charge < -0.3 is 5.11 Å². The molecule has 1 N–H and O–H groups in total. The van der Waals surface area contributed by atoms with Gasteiger partial charge in [0, 0.05) is 30.9 Å². The molecule has 0 bridgehead atoms. The van der Waals surface area contributed by atoms with Crippen molar-refractivity contribution in [2.24, 2.45) is 0 Å². The van der Waals surface area contributed by atoms with E-state index < -0.39 is 5.97 Å². The Morgan fingerprint density at radius 2 is 2.11 bits per heavy atom. The van der Waals surface area contributed by atoms with Crippen LogP contribution >= 0.6 is 11.3 Å². The minimum Gasteiger partial charge on any atom is -0.476 e. The first-order valence-corrected chi connectivity index (χ1v) is 6.28. The third-order valence-electron chi connectivity index (χ3n) is 2.37. The molecule has 0 atom stereocenters. The molecule has 2 aromatic rings. The van der Waals surface area contributed by atoms with Crippen LogP contribution in [0.1, 0.15) is 21.1 Å². The van der Waals surface area contributed by atoms with E-state index in [4.69, 9.17) is 5.11 Å². The lowest BCUT2D eigenvalue weighted by molar-refractivity contribution is 0.0696. The average molecular weight is 263 g/mol. The van der Waals surface area contributed by atoms with Crippen LogP contribution in [-0.4, -0.2) is 33.0 Å². The van der Waals surface area contributed by atoms with Crippen molar-refractivity contribution in [2.45, 2.75) is 13.1 Å². The van der Waals surface area contributed by atoms with Crippen LogP contribution in [0.4, 0.5) is 0 Å². The third kappa shape index (κ3) is 3.35. The molecule has 94 valence electrons. The molecule has 0 spiro atoms. The van der Waals surface area contributed by atoms with E-state index >= 15 is 0 Å². The standard InChI is InChI=1S/C12H13N3O2S/c1-15(6-9-2-4-13-5-3-9)7-10-8-18-11(14-10)12(16)17/h2-5,8H,6-7H2,1H3,(H,16,17). The smallest absolute Gasteiger partial charge is 0.365 e. The van der Waals surface area contributed by atoms with Gasteiger partial charge >= 0.3 is 5.97 Å². The van der Waals surface area contributed by atoms with Crippen molar-refractivity contribution in [1.29, 1.82) is 0 Å². The molecule has 0 fully saturated rings. The molecule has 0 aliphatic heterocycles. The maximum atomic E-state index is 10.7. The SMILES string of the molecule is CN(Cc1ccncc1)Cc1csc(C(=O)O)n1. The minimum absolute atomic E-state index is 0.141. The van der Waals surface area contributed by atoms with Gasteiger partial charge in [-0.25, -0.2) is 9.78 Å². The number of hydrogen-bond donors (Lipinski definition) is 1.